The van der Waals surface area contributed by atoms with Crippen molar-refractivity contribution in [2.45, 2.75) is 32.1 Å². The molecule has 5 aromatic rings. The Morgan fingerprint density at radius 2 is 1.26 bits per heavy atom. The molecule has 0 nitrogen and oxygen atoms in total. The molecule has 8 rings (SSSR count). The molecule has 35 heavy (non-hydrogen) atoms. The number of hydrogen-bond donors (Lipinski definition) is 0. The van der Waals surface area contributed by atoms with Crippen LogP contribution in [0.15, 0.2) is 97.1 Å². The molecule has 0 saturated carbocycles. The van der Waals surface area contributed by atoms with E-state index >= 15 is 0 Å². The summed E-state index contributed by atoms with van der Waals surface area (Å²) in [4.78, 5) is 0. The smallest absolute Gasteiger partial charge is 0.0619 e. The van der Waals surface area contributed by atoms with Crippen molar-refractivity contribution >= 4 is 0 Å². The third-order valence-corrected chi connectivity index (χ3v) is 8.80. The van der Waals surface area contributed by atoms with Crippen LogP contribution in [-0.4, -0.2) is 0 Å². The minimum atomic E-state index is -0.252. The highest BCUT2D eigenvalue weighted by molar-refractivity contribution is 5.99. The van der Waals surface area contributed by atoms with Gasteiger partial charge in [-0.3, -0.25) is 0 Å². The maximum atomic E-state index is 2.53. The molecule has 0 bridgehead atoms. The Hall–Kier alpha value is -3.90. The summed E-state index contributed by atoms with van der Waals surface area (Å²) in [5.74, 6) is 0. The first-order valence-electron chi connectivity index (χ1n) is 12.8. The normalized spacial score (nSPS) is 14.8. The van der Waals surface area contributed by atoms with Crippen LogP contribution in [0.3, 0.4) is 0 Å². The number of benzene rings is 5. The fourth-order valence-corrected chi connectivity index (χ4v) is 7.45. The van der Waals surface area contributed by atoms with Crippen molar-refractivity contribution in [2.75, 3.05) is 0 Å². The first-order chi connectivity index (χ1) is 17.2. The van der Waals surface area contributed by atoms with Gasteiger partial charge in [-0.2, -0.15) is 0 Å². The summed E-state index contributed by atoms with van der Waals surface area (Å²) in [7, 11) is 0. The van der Waals surface area contributed by atoms with Crippen molar-refractivity contribution in [3.8, 4) is 33.4 Å². The van der Waals surface area contributed by atoms with E-state index in [1.807, 2.05) is 0 Å². The lowest BCUT2D eigenvalue weighted by molar-refractivity contribution is 0.790. The van der Waals surface area contributed by atoms with E-state index in [1.54, 1.807) is 0 Å². The Labute approximate surface area is 206 Å². The Morgan fingerprint density at radius 3 is 1.97 bits per heavy atom. The molecule has 0 unspecified atom stereocenters. The van der Waals surface area contributed by atoms with Crippen molar-refractivity contribution in [1.29, 1.82) is 0 Å². The van der Waals surface area contributed by atoms with Gasteiger partial charge in [0.25, 0.3) is 0 Å². The molecule has 0 aromatic heterocycles. The minimum absolute atomic E-state index is 0.252. The Bertz CT molecular complexity index is 1670. The van der Waals surface area contributed by atoms with Crippen molar-refractivity contribution in [3.63, 3.8) is 0 Å². The topological polar surface area (TPSA) is 0 Å². The zero-order valence-corrected chi connectivity index (χ0v) is 20.2. The van der Waals surface area contributed by atoms with E-state index in [0.29, 0.717) is 0 Å². The van der Waals surface area contributed by atoms with Gasteiger partial charge in [-0.25, -0.2) is 0 Å². The number of aryl methyl sites for hydroxylation is 2. The molecule has 0 heterocycles. The second-order valence-corrected chi connectivity index (χ2v) is 10.4. The van der Waals surface area contributed by atoms with Gasteiger partial charge in [0.1, 0.15) is 0 Å². The summed E-state index contributed by atoms with van der Waals surface area (Å²) in [5, 5.41) is 0. The highest BCUT2D eigenvalue weighted by Crippen LogP contribution is 2.64. The van der Waals surface area contributed by atoms with Crippen LogP contribution in [0.4, 0.5) is 0 Å². The molecule has 0 N–H and O–H groups in total. The largest absolute Gasteiger partial charge is 0.0725 e. The molecule has 0 amide bonds. The highest BCUT2D eigenvalue weighted by Gasteiger charge is 2.52. The first kappa shape index (κ1) is 19.4. The van der Waals surface area contributed by atoms with Gasteiger partial charge in [0.2, 0.25) is 0 Å². The molecule has 1 spiro atoms. The highest BCUT2D eigenvalue weighted by atomic mass is 14.5. The predicted octanol–water partition coefficient (Wildman–Crippen LogP) is 8.47. The fourth-order valence-electron chi connectivity index (χ4n) is 7.45. The van der Waals surface area contributed by atoms with Gasteiger partial charge in [-0.15, -0.1) is 0 Å². The standard InChI is InChI=1S/C35H26/c1-3-22-16-17-27-31(19-22)35(29-14-8-6-12-25(29)26-13-7-9-15-30(26)35)32-18-21(2)33-24-11-5-4-10-23(24)20-28(33)34(27)32/h4-19H,3,20H2,1-2H3. The molecule has 0 radical (unpaired) electrons. The summed E-state index contributed by atoms with van der Waals surface area (Å²) in [6.45, 7) is 4.59. The fraction of sp³-hybridized carbons (Fsp3) is 0.143. The van der Waals surface area contributed by atoms with Gasteiger partial charge >= 0.3 is 0 Å². The number of hydrogen-bond acceptors (Lipinski definition) is 0. The lowest BCUT2D eigenvalue weighted by atomic mass is 9.69. The summed E-state index contributed by atoms with van der Waals surface area (Å²) in [6.07, 6.45) is 2.06. The summed E-state index contributed by atoms with van der Waals surface area (Å²) in [5.41, 5.74) is 19.9. The number of rotatable bonds is 1. The second kappa shape index (κ2) is 6.61. The van der Waals surface area contributed by atoms with Gasteiger partial charge in [0.05, 0.1) is 5.41 Å². The molecular formula is C35H26. The van der Waals surface area contributed by atoms with Gasteiger partial charge in [-0.1, -0.05) is 104 Å². The minimum Gasteiger partial charge on any atom is -0.0619 e. The monoisotopic (exact) mass is 446 g/mol. The van der Waals surface area contributed by atoms with Crippen LogP contribution >= 0.6 is 0 Å². The van der Waals surface area contributed by atoms with E-state index in [1.165, 1.54) is 77.9 Å². The zero-order valence-electron chi connectivity index (χ0n) is 20.2. The maximum absolute atomic E-state index is 2.53. The SMILES string of the molecule is CCc1ccc2c(c1)C1(c3ccccc3-c3ccccc31)c1cc(C)c3c(c1-2)Cc1ccccc1-3. The molecule has 166 valence electrons. The van der Waals surface area contributed by atoms with E-state index in [2.05, 4.69) is 111 Å². The van der Waals surface area contributed by atoms with E-state index < -0.39 is 0 Å². The Morgan fingerprint density at radius 1 is 0.600 bits per heavy atom. The summed E-state index contributed by atoms with van der Waals surface area (Å²) < 4.78 is 0. The Kier molecular flexibility index (Phi) is 3.67. The van der Waals surface area contributed by atoms with Crippen molar-refractivity contribution < 1.29 is 0 Å². The van der Waals surface area contributed by atoms with Crippen LogP contribution in [-0.2, 0) is 18.3 Å². The van der Waals surface area contributed by atoms with Crippen LogP contribution in [0.5, 0.6) is 0 Å². The second-order valence-electron chi connectivity index (χ2n) is 10.4. The zero-order chi connectivity index (χ0) is 23.3. The average molecular weight is 447 g/mol. The molecule has 0 fully saturated rings. The summed E-state index contributed by atoms with van der Waals surface area (Å²) in [6, 6.07) is 37.0. The lowest BCUT2D eigenvalue weighted by Crippen LogP contribution is -2.26. The molecule has 3 aliphatic rings. The van der Waals surface area contributed by atoms with Gasteiger partial charge in [0.15, 0.2) is 0 Å². The van der Waals surface area contributed by atoms with E-state index in [-0.39, 0.29) is 5.41 Å². The molecule has 0 atom stereocenters. The number of fused-ring (bicyclic) bond motifs is 14. The van der Waals surface area contributed by atoms with E-state index in [0.717, 1.165) is 12.8 Å². The van der Waals surface area contributed by atoms with Crippen molar-refractivity contribution in [3.05, 3.63) is 142 Å². The molecule has 0 saturated heterocycles. The molecular weight excluding hydrogens is 420 g/mol. The van der Waals surface area contributed by atoms with Crippen LogP contribution in [0.25, 0.3) is 33.4 Å². The van der Waals surface area contributed by atoms with Crippen LogP contribution in [0.2, 0.25) is 0 Å². The van der Waals surface area contributed by atoms with Crippen LogP contribution < -0.4 is 0 Å². The van der Waals surface area contributed by atoms with Crippen LogP contribution in [0.1, 0.15) is 51.4 Å². The van der Waals surface area contributed by atoms with E-state index in [9.17, 15) is 0 Å². The molecule has 3 aliphatic carbocycles. The quantitative estimate of drug-likeness (QED) is 0.237. The van der Waals surface area contributed by atoms with Crippen molar-refractivity contribution in [2.24, 2.45) is 0 Å². The molecule has 0 heteroatoms. The molecule has 5 aromatic carbocycles. The van der Waals surface area contributed by atoms with Gasteiger partial charge in [0, 0.05) is 0 Å². The third kappa shape index (κ3) is 2.19. The first-order valence-corrected chi connectivity index (χ1v) is 12.8. The summed E-state index contributed by atoms with van der Waals surface area (Å²) >= 11 is 0. The Balaban J connectivity index is 1.58. The third-order valence-electron chi connectivity index (χ3n) is 8.80. The average Bonchev–Trinajstić information content (AvgIpc) is 3.52. The predicted molar refractivity (Wildman–Crippen MR) is 145 cm³/mol. The maximum Gasteiger partial charge on any atom is 0.0725 e. The molecule has 0 aliphatic heterocycles. The van der Waals surface area contributed by atoms with Gasteiger partial charge < -0.3 is 0 Å². The van der Waals surface area contributed by atoms with Crippen molar-refractivity contribution in [1.82, 2.24) is 0 Å². The lowest BCUT2D eigenvalue weighted by Gasteiger charge is -2.31. The van der Waals surface area contributed by atoms with E-state index in [4.69, 9.17) is 0 Å². The van der Waals surface area contributed by atoms with Gasteiger partial charge in [-0.05, 0) is 97.7 Å². The van der Waals surface area contributed by atoms with Crippen LogP contribution in [0, 0.1) is 6.92 Å².